The minimum absolute atomic E-state index is 0.0116. The molecule has 0 atom stereocenters. The Morgan fingerprint density at radius 2 is 1.63 bits per heavy atom. The predicted octanol–water partition coefficient (Wildman–Crippen LogP) is 2.35. The van der Waals surface area contributed by atoms with Crippen LogP contribution in [0.2, 0.25) is 0 Å². The Labute approximate surface area is 160 Å². The van der Waals surface area contributed by atoms with Crippen molar-refractivity contribution in [3.05, 3.63) is 29.3 Å². The van der Waals surface area contributed by atoms with Crippen LogP contribution in [0.5, 0.6) is 0 Å². The SMILES string of the molecule is Cc1ccc(C)c(NC(=O)C2CCC(C(=O)N3CCN(C=O)CC3)CC2)c1. The standard InChI is InChI=1S/C21H29N3O3/c1-15-3-4-16(2)19(13-15)22-20(26)17-5-7-18(8-6-17)21(27)24-11-9-23(14-25)10-12-24/h3-4,13-14,17-18H,5-12H2,1-2H3,(H,22,26). The van der Waals surface area contributed by atoms with Gasteiger partial charge < -0.3 is 15.1 Å². The summed E-state index contributed by atoms with van der Waals surface area (Å²) < 4.78 is 0. The molecule has 27 heavy (non-hydrogen) atoms. The smallest absolute Gasteiger partial charge is 0.227 e. The summed E-state index contributed by atoms with van der Waals surface area (Å²) in [5.41, 5.74) is 3.07. The maximum atomic E-state index is 12.7. The fraction of sp³-hybridized carbons (Fsp3) is 0.571. The quantitative estimate of drug-likeness (QED) is 0.826. The molecule has 0 unspecified atom stereocenters. The first-order valence-corrected chi connectivity index (χ1v) is 9.84. The maximum Gasteiger partial charge on any atom is 0.227 e. The molecule has 3 amide bonds. The van der Waals surface area contributed by atoms with Crippen molar-refractivity contribution < 1.29 is 14.4 Å². The first-order valence-electron chi connectivity index (χ1n) is 9.84. The number of carbonyl (C=O) groups is 3. The van der Waals surface area contributed by atoms with Crippen molar-refractivity contribution in [1.82, 2.24) is 9.80 Å². The van der Waals surface area contributed by atoms with Crippen molar-refractivity contribution in [2.24, 2.45) is 11.8 Å². The second-order valence-corrected chi connectivity index (χ2v) is 7.82. The molecular weight excluding hydrogens is 342 g/mol. The molecular formula is C21H29N3O3. The lowest BCUT2D eigenvalue weighted by molar-refractivity contribution is -0.140. The minimum atomic E-state index is -0.0270. The van der Waals surface area contributed by atoms with E-state index in [1.807, 2.05) is 36.9 Å². The highest BCUT2D eigenvalue weighted by molar-refractivity contribution is 5.93. The van der Waals surface area contributed by atoms with Crippen molar-refractivity contribution in [2.45, 2.75) is 39.5 Å². The monoisotopic (exact) mass is 371 g/mol. The molecule has 1 aromatic carbocycles. The third-order valence-corrected chi connectivity index (χ3v) is 5.87. The van der Waals surface area contributed by atoms with Crippen LogP contribution in [0.15, 0.2) is 18.2 Å². The zero-order valence-corrected chi connectivity index (χ0v) is 16.2. The summed E-state index contributed by atoms with van der Waals surface area (Å²) in [4.78, 5) is 39.7. The van der Waals surface area contributed by atoms with Gasteiger partial charge in [-0.05, 0) is 56.7 Å². The summed E-state index contributed by atoms with van der Waals surface area (Å²) in [5, 5.41) is 3.07. The molecule has 1 saturated heterocycles. The van der Waals surface area contributed by atoms with Crippen molar-refractivity contribution in [3.8, 4) is 0 Å². The molecule has 1 saturated carbocycles. The van der Waals surface area contributed by atoms with Crippen molar-refractivity contribution in [1.29, 1.82) is 0 Å². The molecule has 1 aliphatic heterocycles. The lowest BCUT2D eigenvalue weighted by Gasteiger charge is -2.36. The van der Waals surface area contributed by atoms with Crippen LogP contribution in [0.1, 0.15) is 36.8 Å². The van der Waals surface area contributed by atoms with E-state index in [0.717, 1.165) is 48.9 Å². The van der Waals surface area contributed by atoms with Crippen LogP contribution >= 0.6 is 0 Å². The molecule has 0 bridgehead atoms. The second kappa shape index (κ2) is 8.55. The van der Waals surface area contributed by atoms with Gasteiger partial charge in [-0.1, -0.05) is 12.1 Å². The van der Waals surface area contributed by atoms with Crippen LogP contribution in [-0.2, 0) is 14.4 Å². The number of hydrogen-bond donors (Lipinski definition) is 1. The molecule has 1 aliphatic carbocycles. The predicted molar refractivity (Wildman–Crippen MR) is 104 cm³/mol. The first kappa shape index (κ1) is 19.4. The van der Waals surface area contributed by atoms with E-state index in [0.29, 0.717) is 26.2 Å². The van der Waals surface area contributed by atoms with Crippen LogP contribution in [0.25, 0.3) is 0 Å². The third kappa shape index (κ3) is 4.67. The van der Waals surface area contributed by atoms with E-state index in [4.69, 9.17) is 0 Å². The Hall–Kier alpha value is -2.37. The first-order chi connectivity index (χ1) is 13.0. The summed E-state index contributed by atoms with van der Waals surface area (Å²) in [7, 11) is 0. The summed E-state index contributed by atoms with van der Waals surface area (Å²) >= 11 is 0. The van der Waals surface area contributed by atoms with E-state index in [1.54, 1.807) is 4.90 Å². The largest absolute Gasteiger partial charge is 0.342 e. The van der Waals surface area contributed by atoms with Crippen LogP contribution in [0, 0.1) is 25.7 Å². The van der Waals surface area contributed by atoms with Gasteiger partial charge >= 0.3 is 0 Å². The van der Waals surface area contributed by atoms with Gasteiger partial charge in [0.25, 0.3) is 0 Å². The fourth-order valence-electron chi connectivity index (χ4n) is 4.01. The van der Waals surface area contributed by atoms with Gasteiger partial charge in [0.05, 0.1) is 0 Å². The van der Waals surface area contributed by atoms with Gasteiger partial charge in [-0.25, -0.2) is 0 Å². The Morgan fingerprint density at radius 1 is 1.00 bits per heavy atom. The van der Waals surface area contributed by atoms with E-state index in [1.165, 1.54) is 0 Å². The molecule has 6 heteroatoms. The lowest BCUT2D eigenvalue weighted by Crippen LogP contribution is -2.50. The van der Waals surface area contributed by atoms with Gasteiger partial charge in [0.15, 0.2) is 0 Å². The van der Waals surface area contributed by atoms with Crippen molar-refractivity contribution in [2.75, 3.05) is 31.5 Å². The maximum absolute atomic E-state index is 12.7. The van der Waals surface area contributed by atoms with Crippen LogP contribution in [-0.4, -0.2) is 54.2 Å². The second-order valence-electron chi connectivity index (χ2n) is 7.82. The molecule has 6 nitrogen and oxygen atoms in total. The number of anilines is 1. The van der Waals surface area contributed by atoms with Crippen molar-refractivity contribution in [3.63, 3.8) is 0 Å². The summed E-state index contributed by atoms with van der Waals surface area (Å²) in [6.45, 7) is 6.47. The summed E-state index contributed by atoms with van der Waals surface area (Å²) in [6, 6.07) is 6.06. The zero-order valence-electron chi connectivity index (χ0n) is 16.2. The van der Waals surface area contributed by atoms with Gasteiger partial charge in [-0.3, -0.25) is 14.4 Å². The molecule has 1 aromatic rings. The van der Waals surface area contributed by atoms with Gasteiger partial charge in [0.1, 0.15) is 0 Å². The molecule has 3 rings (SSSR count). The zero-order chi connectivity index (χ0) is 19.4. The van der Waals surface area contributed by atoms with Crippen LogP contribution in [0.4, 0.5) is 5.69 Å². The van der Waals surface area contributed by atoms with Gasteiger partial charge in [-0.15, -0.1) is 0 Å². The van der Waals surface area contributed by atoms with E-state index < -0.39 is 0 Å². The highest BCUT2D eigenvalue weighted by Gasteiger charge is 2.33. The molecule has 0 spiro atoms. The number of piperazine rings is 1. The van der Waals surface area contributed by atoms with E-state index in [2.05, 4.69) is 5.32 Å². The number of aryl methyl sites for hydroxylation is 2. The van der Waals surface area contributed by atoms with Crippen molar-refractivity contribution >= 4 is 23.9 Å². The lowest BCUT2D eigenvalue weighted by atomic mass is 9.80. The number of carbonyl (C=O) groups excluding carboxylic acids is 3. The van der Waals surface area contributed by atoms with E-state index in [-0.39, 0.29) is 23.7 Å². The Bertz CT molecular complexity index is 703. The van der Waals surface area contributed by atoms with Crippen LogP contribution in [0.3, 0.4) is 0 Å². The number of rotatable bonds is 4. The number of nitrogens with one attached hydrogen (secondary N) is 1. The molecule has 2 fully saturated rings. The van der Waals surface area contributed by atoms with Gasteiger partial charge in [0, 0.05) is 43.7 Å². The fourth-order valence-corrected chi connectivity index (χ4v) is 4.01. The molecule has 1 heterocycles. The molecule has 0 aromatic heterocycles. The minimum Gasteiger partial charge on any atom is -0.342 e. The highest BCUT2D eigenvalue weighted by Crippen LogP contribution is 2.31. The average molecular weight is 371 g/mol. The Kier molecular flexibility index (Phi) is 6.14. The van der Waals surface area contributed by atoms with E-state index in [9.17, 15) is 14.4 Å². The number of hydrogen-bond acceptors (Lipinski definition) is 3. The summed E-state index contributed by atoms with van der Waals surface area (Å²) in [5.74, 6) is 0.238. The molecule has 2 aliphatic rings. The average Bonchev–Trinajstić information content (AvgIpc) is 2.70. The highest BCUT2D eigenvalue weighted by atomic mass is 16.2. The van der Waals surface area contributed by atoms with Gasteiger partial charge in [-0.2, -0.15) is 0 Å². The Morgan fingerprint density at radius 3 is 2.26 bits per heavy atom. The molecule has 146 valence electrons. The van der Waals surface area contributed by atoms with Gasteiger partial charge in [0.2, 0.25) is 18.2 Å². The topological polar surface area (TPSA) is 69.7 Å². The molecule has 1 N–H and O–H groups in total. The third-order valence-electron chi connectivity index (χ3n) is 5.87. The number of amides is 3. The van der Waals surface area contributed by atoms with E-state index >= 15 is 0 Å². The summed E-state index contributed by atoms with van der Waals surface area (Å²) in [6.07, 6.45) is 3.87. The number of benzene rings is 1. The number of nitrogens with zero attached hydrogens (tertiary/aromatic N) is 2. The molecule has 0 radical (unpaired) electrons. The van der Waals surface area contributed by atoms with Crippen LogP contribution < -0.4 is 5.32 Å². The normalized spacial score (nSPS) is 23.0. The Balaban J connectivity index is 1.49.